The molecule has 0 bridgehead atoms. The number of fused-ring (bicyclic) bond motifs is 1. The van der Waals surface area contributed by atoms with Gasteiger partial charge in [-0.1, -0.05) is 0 Å². The van der Waals surface area contributed by atoms with E-state index in [1.54, 1.807) is 6.20 Å². The van der Waals surface area contributed by atoms with Gasteiger partial charge in [-0.15, -0.1) is 0 Å². The first kappa shape index (κ1) is 17.0. The molecule has 1 saturated heterocycles. The average molecular weight is 364 g/mol. The minimum atomic E-state index is -3.16. The van der Waals surface area contributed by atoms with Gasteiger partial charge in [0.1, 0.15) is 12.1 Å². The van der Waals surface area contributed by atoms with Crippen LogP contribution >= 0.6 is 0 Å². The molecule has 10 heteroatoms. The maximum absolute atomic E-state index is 14.4. The number of alkyl halides is 2. The number of nitrogens with zero attached hydrogens (tertiary/aromatic N) is 5. The molecule has 2 aliphatic rings. The van der Waals surface area contributed by atoms with Gasteiger partial charge in [0.15, 0.2) is 0 Å². The molecule has 4 heterocycles. The van der Waals surface area contributed by atoms with Crippen LogP contribution in [0.5, 0.6) is 0 Å². The predicted molar refractivity (Wildman–Crippen MR) is 87.4 cm³/mol. The lowest BCUT2D eigenvalue weighted by molar-refractivity contribution is -0.119. The minimum absolute atomic E-state index is 0.0154. The van der Waals surface area contributed by atoms with Crippen molar-refractivity contribution in [2.24, 2.45) is 0 Å². The summed E-state index contributed by atoms with van der Waals surface area (Å²) < 4.78 is 35.2. The van der Waals surface area contributed by atoms with Crippen molar-refractivity contribution in [1.82, 2.24) is 24.4 Å². The molecular weight excluding hydrogens is 346 g/mol. The van der Waals surface area contributed by atoms with Crippen LogP contribution in [0.25, 0.3) is 0 Å². The van der Waals surface area contributed by atoms with Crippen LogP contribution in [0.3, 0.4) is 0 Å². The molecule has 138 valence electrons. The molecule has 8 nitrogen and oxygen atoms in total. The molecule has 2 aromatic rings. The molecule has 1 fully saturated rings. The van der Waals surface area contributed by atoms with Crippen molar-refractivity contribution < 1.29 is 13.5 Å². The quantitative estimate of drug-likeness (QED) is 0.851. The maximum Gasteiger partial charge on any atom is 0.351 e. The van der Waals surface area contributed by atoms with Crippen LogP contribution in [0.4, 0.5) is 14.6 Å². The van der Waals surface area contributed by atoms with E-state index in [4.69, 9.17) is 10.5 Å². The normalized spacial score (nSPS) is 25.2. The molecule has 0 unspecified atom stereocenters. The minimum Gasteiger partial charge on any atom is -0.383 e. The number of hydrogen-bond acceptors (Lipinski definition) is 7. The Kier molecular flexibility index (Phi) is 4.16. The molecule has 2 N–H and O–H groups in total. The van der Waals surface area contributed by atoms with Crippen molar-refractivity contribution in [3.63, 3.8) is 0 Å². The second kappa shape index (κ2) is 6.36. The van der Waals surface area contributed by atoms with Crippen molar-refractivity contribution in [3.05, 3.63) is 46.5 Å². The Morgan fingerprint density at radius 2 is 2.27 bits per heavy atom. The Morgan fingerprint density at radius 3 is 3.08 bits per heavy atom. The van der Waals surface area contributed by atoms with Gasteiger partial charge in [-0.2, -0.15) is 4.98 Å². The van der Waals surface area contributed by atoms with Crippen LogP contribution < -0.4 is 11.4 Å². The number of rotatable bonds is 3. The van der Waals surface area contributed by atoms with Crippen LogP contribution in [-0.2, 0) is 17.7 Å². The smallest absolute Gasteiger partial charge is 0.351 e. The lowest BCUT2D eigenvalue weighted by Gasteiger charge is -2.29. The summed E-state index contributed by atoms with van der Waals surface area (Å²) in [5.74, 6) is -3.18. The van der Waals surface area contributed by atoms with E-state index in [-0.39, 0.29) is 5.82 Å². The first-order chi connectivity index (χ1) is 12.4. The summed E-state index contributed by atoms with van der Waals surface area (Å²) >= 11 is 0. The highest BCUT2D eigenvalue weighted by atomic mass is 19.3. The maximum atomic E-state index is 14.4. The van der Waals surface area contributed by atoms with E-state index < -0.39 is 30.4 Å². The van der Waals surface area contributed by atoms with Crippen LogP contribution in [0.15, 0.2) is 29.6 Å². The van der Waals surface area contributed by atoms with Crippen LogP contribution in [0.2, 0.25) is 0 Å². The average Bonchev–Trinajstić information content (AvgIpc) is 2.89. The fourth-order valence-corrected chi connectivity index (χ4v) is 3.48. The van der Waals surface area contributed by atoms with Gasteiger partial charge in [0.2, 0.25) is 6.23 Å². The van der Waals surface area contributed by atoms with E-state index in [1.165, 1.54) is 18.6 Å². The summed E-state index contributed by atoms with van der Waals surface area (Å²) in [7, 11) is 0. The van der Waals surface area contributed by atoms with Crippen molar-refractivity contribution in [3.8, 4) is 0 Å². The van der Waals surface area contributed by atoms with Gasteiger partial charge < -0.3 is 10.5 Å². The summed E-state index contributed by atoms with van der Waals surface area (Å²) in [6.07, 6.45) is 2.38. The lowest BCUT2D eigenvalue weighted by Crippen LogP contribution is -2.37. The zero-order valence-electron chi connectivity index (χ0n) is 13.9. The predicted octanol–water partition coefficient (Wildman–Crippen LogP) is 0.597. The number of ether oxygens (including phenoxy) is 1. The molecule has 0 aliphatic carbocycles. The SMILES string of the molecule is Nc1ccn([C@@H]2O[C@H](CN3CCc4ncncc4C3)CC2(F)F)c(=O)n1. The van der Waals surface area contributed by atoms with Gasteiger partial charge in [0, 0.05) is 56.1 Å². The fraction of sp³-hybridized carbons (Fsp3) is 0.500. The van der Waals surface area contributed by atoms with Gasteiger partial charge in [-0.05, 0) is 6.07 Å². The molecule has 2 aromatic heterocycles. The van der Waals surface area contributed by atoms with Crippen LogP contribution in [0.1, 0.15) is 23.9 Å². The molecule has 0 radical (unpaired) electrons. The molecule has 2 aliphatic heterocycles. The summed E-state index contributed by atoms with van der Waals surface area (Å²) in [6.45, 7) is 1.65. The van der Waals surface area contributed by atoms with Gasteiger partial charge in [-0.25, -0.2) is 23.5 Å². The van der Waals surface area contributed by atoms with E-state index in [0.717, 1.165) is 22.2 Å². The summed E-state index contributed by atoms with van der Waals surface area (Å²) in [5.41, 5.74) is 6.56. The van der Waals surface area contributed by atoms with Gasteiger partial charge in [0.05, 0.1) is 6.10 Å². The van der Waals surface area contributed by atoms with E-state index in [9.17, 15) is 13.6 Å². The molecule has 0 saturated carbocycles. The summed E-state index contributed by atoms with van der Waals surface area (Å²) in [5, 5.41) is 0. The largest absolute Gasteiger partial charge is 0.383 e. The highest BCUT2D eigenvalue weighted by Crippen LogP contribution is 2.42. The third kappa shape index (κ3) is 3.17. The van der Waals surface area contributed by atoms with Crippen molar-refractivity contribution in [2.75, 3.05) is 18.8 Å². The molecule has 2 atom stereocenters. The monoisotopic (exact) mass is 364 g/mol. The fourth-order valence-electron chi connectivity index (χ4n) is 3.48. The Hall–Kier alpha value is -2.46. The van der Waals surface area contributed by atoms with Gasteiger partial charge in [-0.3, -0.25) is 9.47 Å². The summed E-state index contributed by atoms with van der Waals surface area (Å²) in [4.78, 5) is 25.7. The number of halogens is 2. The first-order valence-corrected chi connectivity index (χ1v) is 8.30. The molecule has 0 amide bonds. The number of anilines is 1. The van der Waals surface area contributed by atoms with Crippen molar-refractivity contribution >= 4 is 5.82 Å². The Balaban J connectivity index is 1.47. The highest BCUT2D eigenvalue weighted by molar-refractivity contribution is 5.23. The van der Waals surface area contributed by atoms with E-state index in [0.29, 0.717) is 19.6 Å². The van der Waals surface area contributed by atoms with Crippen molar-refractivity contribution in [2.45, 2.75) is 37.6 Å². The highest BCUT2D eigenvalue weighted by Gasteiger charge is 2.52. The third-order valence-electron chi connectivity index (χ3n) is 4.69. The standard InChI is InChI=1S/C16H18F2N6O2/c17-16(18)5-11(26-14(16)24-4-2-13(19)22-15(24)25)8-23-3-1-12-10(7-23)6-20-9-21-12/h2,4,6,9,11,14H,1,3,5,7-8H2,(H2,19,22,25)/t11-,14+/m0/s1. The molecule has 4 rings (SSSR count). The summed E-state index contributed by atoms with van der Waals surface area (Å²) in [6, 6.07) is 1.30. The van der Waals surface area contributed by atoms with E-state index >= 15 is 0 Å². The van der Waals surface area contributed by atoms with E-state index in [2.05, 4.69) is 15.0 Å². The number of aromatic nitrogens is 4. The second-order valence-corrected chi connectivity index (χ2v) is 6.60. The Labute approximate surface area is 147 Å². The third-order valence-corrected chi connectivity index (χ3v) is 4.69. The molecule has 26 heavy (non-hydrogen) atoms. The van der Waals surface area contributed by atoms with E-state index in [1.807, 2.05) is 4.90 Å². The Bertz CT molecular complexity index is 874. The molecule has 0 aromatic carbocycles. The second-order valence-electron chi connectivity index (χ2n) is 6.60. The van der Waals surface area contributed by atoms with Gasteiger partial charge in [0.25, 0.3) is 5.92 Å². The lowest BCUT2D eigenvalue weighted by atomic mass is 10.1. The molecule has 0 spiro atoms. The number of nitrogens with two attached hydrogens (primary N) is 1. The zero-order valence-corrected chi connectivity index (χ0v) is 13.9. The first-order valence-electron chi connectivity index (χ1n) is 8.30. The van der Waals surface area contributed by atoms with Crippen molar-refractivity contribution in [1.29, 1.82) is 0 Å². The van der Waals surface area contributed by atoms with Crippen LogP contribution in [0, 0.1) is 0 Å². The van der Waals surface area contributed by atoms with Gasteiger partial charge >= 0.3 is 5.69 Å². The Morgan fingerprint density at radius 1 is 1.42 bits per heavy atom. The molecular formula is C16H18F2N6O2. The van der Waals surface area contributed by atoms with Crippen LogP contribution in [-0.4, -0.2) is 49.5 Å². The zero-order chi connectivity index (χ0) is 18.3. The number of nitrogen functional groups attached to an aromatic ring is 1. The number of hydrogen-bond donors (Lipinski definition) is 1. The topological polar surface area (TPSA) is 99.2 Å².